The molecule has 3 aromatic carbocycles. The molecule has 1 amide bonds. The van der Waals surface area contributed by atoms with Gasteiger partial charge in [0.05, 0.1) is 4.90 Å². The maximum absolute atomic E-state index is 12.6. The van der Waals surface area contributed by atoms with Crippen molar-refractivity contribution in [2.75, 3.05) is 4.72 Å². The first-order valence-corrected chi connectivity index (χ1v) is 10.9. The molecule has 0 unspecified atom stereocenters. The normalized spacial score (nSPS) is 12.2. The zero-order valence-corrected chi connectivity index (χ0v) is 17.0. The SMILES string of the molecule is C[C@@H](CCc1ccccc1)NC(=O)c1cccc(S(=O)(=O)Nc2ccccc2)c1. The molecule has 0 aliphatic heterocycles. The number of amides is 1. The van der Waals surface area contributed by atoms with Gasteiger partial charge in [-0.25, -0.2) is 8.42 Å². The van der Waals surface area contributed by atoms with Gasteiger partial charge in [-0.05, 0) is 55.7 Å². The average Bonchev–Trinajstić information content (AvgIpc) is 2.73. The molecular formula is C23H24N2O3S. The number of para-hydroxylation sites is 1. The zero-order valence-electron chi connectivity index (χ0n) is 16.2. The van der Waals surface area contributed by atoms with Crippen LogP contribution in [0.4, 0.5) is 5.69 Å². The first-order valence-electron chi connectivity index (χ1n) is 9.47. The van der Waals surface area contributed by atoms with E-state index in [2.05, 4.69) is 22.2 Å². The number of hydrogen-bond acceptors (Lipinski definition) is 3. The smallest absolute Gasteiger partial charge is 0.261 e. The molecule has 150 valence electrons. The first-order chi connectivity index (χ1) is 13.9. The van der Waals surface area contributed by atoms with Crippen molar-refractivity contribution in [2.45, 2.75) is 30.7 Å². The Balaban J connectivity index is 1.64. The Kier molecular flexibility index (Phi) is 6.67. The third kappa shape index (κ3) is 5.93. The lowest BCUT2D eigenvalue weighted by Gasteiger charge is -2.15. The largest absolute Gasteiger partial charge is 0.350 e. The fourth-order valence-corrected chi connectivity index (χ4v) is 4.04. The number of benzene rings is 3. The van der Waals surface area contributed by atoms with Crippen molar-refractivity contribution >= 4 is 21.6 Å². The van der Waals surface area contributed by atoms with E-state index in [1.807, 2.05) is 31.2 Å². The minimum atomic E-state index is -3.77. The third-order valence-corrected chi connectivity index (χ3v) is 5.90. The Morgan fingerprint density at radius 3 is 2.24 bits per heavy atom. The Labute approximate surface area is 171 Å². The van der Waals surface area contributed by atoms with E-state index in [1.54, 1.807) is 36.4 Å². The number of hydrogen-bond donors (Lipinski definition) is 2. The maximum atomic E-state index is 12.6. The Morgan fingerprint density at radius 2 is 1.55 bits per heavy atom. The highest BCUT2D eigenvalue weighted by Gasteiger charge is 2.17. The van der Waals surface area contributed by atoms with E-state index in [0.29, 0.717) is 11.3 Å². The van der Waals surface area contributed by atoms with Gasteiger partial charge in [0.15, 0.2) is 0 Å². The van der Waals surface area contributed by atoms with Crippen LogP contribution < -0.4 is 10.0 Å². The number of nitrogens with one attached hydrogen (secondary N) is 2. The monoisotopic (exact) mass is 408 g/mol. The van der Waals surface area contributed by atoms with Crippen LogP contribution in [0.15, 0.2) is 89.8 Å². The zero-order chi connectivity index (χ0) is 20.7. The van der Waals surface area contributed by atoms with Crippen molar-refractivity contribution in [3.05, 3.63) is 96.1 Å². The lowest BCUT2D eigenvalue weighted by Crippen LogP contribution is -2.33. The summed E-state index contributed by atoms with van der Waals surface area (Å²) in [4.78, 5) is 12.6. The molecule has 0 aliphatic carbocycles. The van der Waals surface area contributed by atoms with Gasteiger partial charge in [-0.1, -0.05) is 54.6 Å². The minimum absolute atomic E-state index is 0.0367. The van der Waals surface area contributed by atoms with E-state index in [4.69, 9.17) is 0 Å². The number of anilines is 1. The van der Waals surface area contributed by atoms with Gasteiger partial charge in [0, 0.05) is 17.3 Å². The van der Waals surface area contributed by atoms with Gasteiger partial charge >= 0.3 is 0 Å². The van der Waals surface area contributed by atoms with Crippen LogP contribution >= 0.6 is 0 Å². The molecular weight excluding hydrogens is 384 g/mol. The molecule has 29 heavy (non-hydrogen) atoms. The lowest BCUT2D eigenvalue weighted by atomic mass is 10.1. The Bertz CT molecular complexity index is 1050. The standard InChI is InChI=1S/C23H24N2O3S/c1-18(15-16-19-9-4-2-5-10-19)24-23(26)20-11-8-14-22(17-20)29(27,28)25-21-12-6-3-7-13-21/h2-14,17-18,25H,15-16H2,1H3,(H,24,26)/t18-/m0/s1. The van der Waals surface area contributed by atoms with Gasteiger partial charge in [-0.2, -0.15) is 0 Å². The molecule has 0 saturated carbocycles. The van der Waals surface area contributed by atoms with Crippen molar-refractivity contribution < 1.29 is 13.2 Å². The molecule has 0 bridgehead atoms. The van der Waals surface area contributed by atoms with Gasteiger partial charge in [0.1, 0.15) is 0 Å². The summed E-state index contributed by atoms with van der Waals surface area (Å²) in [5.74, 6) is -0.290. The molecule has 0 saturated heterocycles. The average molecular weight is 409 g/mol. The van der Waals surface area contributed by atoms with Crippen LogP contribution in [0.5, 0.6) is 0 Å². The van der Waals surface area contributed by atoms with Crippen molar-refractivity contribution in [3.63, 3.8) is 0 Å². The molecule has 3 aromatic rings. The second-order valence-corrected chi connectivity index (χ2v) is 8.58. The molecule has 5 nitrogen and oxygen atoms in total. The van der Waals surface area contributed by atoms with E-state index in [0.717, 1.165) is 12.8 Å². The summed E-state index contributed by atoms with van der Waals surface area (Å²) in [6.45, 7) is 1.94. The second kappa shape index (κ2) is 9.39. The molecule has 2 N–H and O–H groups in total. The molecule has 0 heterocycles. The van der Waals surface area contributed by atoms with Gasteiger partial charge in [0.2, 0.25) is 0 Å². The second-order valence-electron chi connectivity index (χ2n) is 6.90. The van der Waals surface area contributed by atoms with Crippen molar-refractivity contribution in [3.8, 4) is 0 Å². The first kappa shape index (κ1) is 20.6. The lowest BCUT2D eigenvalue weighted by molar-refractivity contribution is 0.0938. The molecule has 0 spiro atoms. The van der Waals surface area contributed by atoms with E-state index in [9.17, 15) is 13.2 Å². The van der Waals surface area contributed by atoms with E-state index in [1.165, 1.54) is 17.7 Å². The quantitative estimate of drug-likeness (QED) is 0.585. The van der Waals surface area contributed by atoms with Crippen molar-refractivity contribution in [2.24, 2.45) is 0 Å². The molecule has 1 atom stereocenters. The number of carbonyl (C=O) groups excluding carboxylic acids is 1. The maximum Gasteiger partial charge on any atom is 0.261 e. The van der Waals surface area contributed by atoms with Crippen LogP contribution in [0.1, 0.15) is 29.3 Å². The number of rotatable bonds is 8. The number of aryl methyl sites for hydroxylation is 1. The summed E-state index contributed by atoms with van der Waals surface area (Å²) < 4.78 is 27.8. The Morgan fingerprint density at radius 1 is 0.897 bits per heavy atom. The van der Waals surface area contributed by atoms with Gasteiger partial charge in [-0.15, -0.1) is 0 Å². The van der Waals surface area contributed by atoms with Crippen LogP contribution in [-0.2, 0) is 16.4 Å². The summed E-state index contributed by atoms with van der Waals surface area (Å²) >= 11 is 0. The van der Waals surface area contributed by atoms with Crippen LogP contribution in [0.3, 0.4) is 0 Å². The summed E-state index contributed by atoms with van der Waals surface area (Å²) in [6.07, 6.45) is 1.65. The third-order valence-electron chi connectivity index (χ3n) is 4.52. The topological polar surface area (TPSA) is 75.3 Å². The molecule has 6 heteroatoms. The summed E-state index contributed by atoms with van der Waals surface area (Å²) in [5, 5.41) is 2.94. The fraction of sp³-hybridized carbons (Fsp3) is 0.174. The number of sulfonamides is 1. The highest BCUT2D eigenvalue weighted by atomic mass is 32.2. The summed E-state index contributed by atoms with van der Waals surface area (Å²) in [7, 11) is -3.77. The minimum Gasteiger partial charge on any atom is -0.350 e. The van der Waals surface area contributed by atoms with Gasteiger partial charge in [0.25, 0.3) is 15.9 Å². The summed E-state index contributed by atoms with van der Waals surface area (Å²) in [5.41, 5.74) is 2.00. The Hall–Kier alpha value is -3.12. The summed E-state index contributed by atoms with van der Waals surface area (Å²) in [6, 6.07) is 24.7. The van der Waals surface area contributed by atoms with Crippen molar-refractivity contribution in [1.82, 2.24) is 5.32 Å². The molecule has 0 aliphatic rings. The van der Waals surface area contributed by atoms with E-state index >= 15 is 0 Å². The highest BCUT2D eigenvalue weighted by molar-refractivity contribution is 7.92. The predicted octanol–water partition coefficient (Wildman–Crippen LogP) is 4.24. The fourth-order valence-electron chi connectivity index (χ4n) is 2.93. The van der Waals surface area contributed by atoms with Gasteiger partial charge < -0.3 is 5.32 Å². The van der Waals surface area contributed by atoms with Gasteiger partial charge in [-0.3, -0.25) is 9.52 Å². The molecule has 3 rings (SSSR count). The van der Waals surface area contributed by atoms with Crippen LogP contribution in [0.25, 0.3) is 0 Å². The number of carbonyl (C=O) groups is 1. The van der Waals surface area contributed by atoms with E-state index < -0.39 is 10.0 Å². The van der Waals surface area contributed by atoms with Crippen molar-refractivity contribution in [1.29, 1.82) is 0 Å². The molecule has 0 aromatic heterocycles. The van der Waals surface area contributed by atoms with Crippen LogP contribution in [-0.4, -0.2) is 20.4 Å². The van der Waals surface area contributed by atoms with Crippen LogP contribution in [0.2, 0.25) is 0 Å². The predicted molar refractivity (Wildman–Crippen MR) is 115 cm³/mol. The molecule has 0 radical (unpaired) electrons. The van der Waals surface area contributed by atoms with E-state index in [-0.39, 0.29) is 16.8 Å². The highest BCUT2D eigenvalue weighted by Crippen LogP contribution is 2.17. The van der Waals surface area contributed by atoms with Crippen LogP contribution in [0, 0.1) is 0 Å². The molecule has 0 fully saturated rings.